The highest BCUT2D eigenvalue weighted by Crippen LogP contribution is 2.18. The van der Waals surface area contributed by atoms with Crippen molar-refractivity contribution in [1.29, 1.82) is 0 Å². The Kier molecular flexibility index (Phi) is 6.87. The predicted molar refractivity (Wildman–Crippen MR) is 64.8 cm³/mol. The first-order valence-electron chi connectivity index (χ1n) is 5.59. The molecule has 0 aromatic heterocycles. The molecule has 0 aromatic carbocycles. The SMILES string of the molecule is CC(=O)C(CNCC(=O)O)(CNCC(=O)O)C(C)=O. The maximum atomic E-state index is 11.7. The average molecular weight is 274 g/mol. The van der Waals surface area contributed by atoms with Crippen molar-refractivity contribution in [2.24, 2.45) is 5.41 Å². The number of rotatable bonds is 10. The molecule has 0 spiro atoms. The lowest BCUT2D eigenvalue weighted by Crippen LogP contribution is -2.53. The van der Waals surface area contributed by atoms with Gasteiger partial charge in [0.1, 0.15) is 17.0 Å². The van der Waals surface area contributed by atoms with E-state index in [0.717, 1.165) is 0 Å². The minimum atomic E-state index is -1.45. The average Bonchev–Trinajstić information content (AvgIpc) is 2.25. The Hall–Kier alpha value is -1.80. The number of hydrogen-bond donors (Lipinski definition) is 4. The van der Waals surface area contributed by atoms with E-state index in [2.05, 4.69) is 10.6 Å². The molecule has 0 bridgehead atoms. The highest BCUT2D eigenvalue weighted by molar-refractivity contribution is 6.05. The summed E-state index contributed by atoms with van der Waals surface area (Å²) in [5.74, 6) is -3.12. The molecule has 8 heteroatoms. The Labute approximate surface area is 110 Å². The van der Waals surface area contributed by atoms with E-state index in [0.29, 0.717) is 0 Å². The van der Waals surface area contributed by atoms with Crippen LogP contribution in [-0.2, 0) is 19.2 Å². The quantitative estimate of drug-likeness (QED) is 0.354. The third-order valence-electron chi connectivity index (χ3n) is 2.75. The molecule has 19 heavy (non-hydrogen) atoms. The smallest absolute Gasteiger partial charge is 0.317 e. The maximum absolute atomic E-state index is 11.7. The van der Waals surface area contributed by atoms with Crippen molar-refractivity contribution in [3.8, 4) is 0 Å². The van der Waals surface area contributed by atoms with Gasteiger partial charge in [-0.2, -0.15) is 0 Å². The van der Waals surface area contributed by atoms with Crippen LogP contribution in [0.15, 0.2) is 0 Å². The molecule has 0 radical (unpaired) electrons. The summed E-state index contributed by atoms with van der Waals surface area (Å²) >= 11 is 0. The van der Waals surface area contributed by atoms with Crippen LogP contribution in [0.4, 0.5) is 0 Å². The Bertz CT molecular complexity index is 343. The molecule has 0 amide bonds. The van der Waals surface area contributed by atoms with E-state index in [9.17, 15) is 19.2 Å². The molecular weight excluding hydrogens is 256 g/mol. The number of carboxylic acids is 2. The summed E-state index contributed by atoms with van der Waals surface area (Å²) in [7, 11) is 0. The molecule has 0 aliphatic heterocycles. The number of carboxylic acid groups (broad SMARTS) is 2. The molecular formula is C11H18N2O6. The van der Waals surface area contributed by atoms with Crippen LogP contribution in [0.2, 0.25) is 0 Å². The van der Waals surface area contributed by atoms with Crippen LogP contribution in [0.3, 0.4) is 0 Å². The van der Waals surface area contributed by atoms with Gasteiger partial charge in [0.25, 0.3) is 0 Å². The summed E-state index contributed by atoms with van der Waals surface area (Å²) in [4.78, 5) is 44.1. The van der Waals surface area contributed by atoms with Crippen LogP contribution < -0.4 is 10.6 Å². The molecule has 0 heterocycles. The first-order chi connectivity index (χ1) is 8.72. The normalized spacial score (nSPS) is 11.1. The highest BCUT2D eigenvalue weighted by Gasteiger charge is 2.40. The highest BCUT2D eigenvalue weighted by atomic mass is 16.4. The van der Waals surface area contributed by atoms with Crippen molar-refractivity contribution in [2.45, 2.75) is 13.8 Å². The minimum Gasteiger partial charge on any atom is -0.480 e. The largest absolute Gasteiger partial charge is 0.480 e. The molecule has 0 rings (SSSR count). The zero-order valence-electron chi connectivity index (χ0n) is 10.9. The summed E-state index contributed by atoms with van der Waals surface area (Å²) in [6.07, 6.45) is 0. The molecule has 0 atom stereocenters. The van der Waals surface area contributed by atoms with Gasteiger partial charge >= 0.3 is 11.9 Å². The van der Waals surface area contributed by atoms with Crippen molar-refractivity contribution < 1.29 is 29.4 Å². The summed E-state index contributed by atoms with van der Waals surface area (Å²) in [5.41, 5.74) is -1.45. The first kappa shape index (κ1) is 17.2. The van der Waals surface area contributed by atoms with Crippen molar-refractivity contribution in [2.75, 3.05) is 26.2 Å². The summed E-state index contributed by atoms with van der Waals surface area (Å²) in [5, 5.41) is 22.0. The maximum Gasteiger partial charge on any atom is 0.317 e. The van der Waals surface area contributed by atoms with Crippen molar-refractivity contribution in [3.05, 3.63) is 0 Å². The fourth-order valence-corrected chi connectivity index (χ4v) is 1.57. The lowest BCUT2D eigenvalue weighted by molar-refractivity contribution is -0.141. The molecule has 4 N–H and O–H groups in total. The standard InChI is InChI=1S/C11H18N2O6/c1-7(14)11(8(2)15,5-12-3-9(16)17)6-13-4-10(18)19/h12-13H,3-6H2,1-2H3,(H,16,17)(H,18,19). The number of Topliss-reactive ketones (excluding diaryl/α,β-unsaturated/α-hetero) is 2. The molecule has 0 aliphatic rings. The second kappa shape index (κ2) is 7.59. The zero-order valence-corrected chi connectivity index (χ0v) is 10.9. The van der Waals surface area contributed by atoms with Gasteiger partial charge in [0, 0.05) is 13.1 Å². The van der Waals surface area contributed by atoms with Gasteiger partial charge < -0.3 is 20.8 Å². The number of carbonyl (C=O) groups excluding carboxylic acids is 2. The predicted octanol–water partition coefficient (Wildman–Crippen LogP) is -1.50. The van der Waals surface area contributed by atoms with E-state index in [1.54, 1.807) is 0 Å². The summed E-state index contributed by atoms with van der Waals surface area (Å²) in [6, 6.07) is 0. The van der Waals surface area contributed by atoms with Gasteiger partial charge in [-0.25, -0.2) is 0 Å². The molecule has 0 aliphatic carbocycles. The number of nitrogens with one attached hydrogen (secondary N) is 2. The van der Waals surface area contributed by atoms with Crippen LogP contribution in [0.5, 0.6) is 0 Å². The van der Waals surface area contributed by atoms with Gasteiger partial charge in [0.15, 0.2) is 0 Å². The van der Waals surface area contributed by atoms with Crippen molar-refractivity contribution in [1.82, 2.24) is 10.6 Å². The third-order valence-corrected chi connectivity index (χ3v) is 2.75. The van der Waals surface area contributed by atoms with Gasteiger partial charge in [0.05, 0.1) is 13.1 Å². The fraction of sp³-hybridized carbons (Fsp3) is 0.636. The van der Waals surface area contributed by atoms with E-state index in [1.807, 2.05) is 0 Å². The number of aliphatic carboxylic acids is 2. The lowest BCUT2D eigenvalue weighted by Gasteiger charge is -2.28. The Morgan fingerprint density at radius 3 is 1.37 bits per heavy atom. The van der Waals surface area contributed by atoms with Crippen LogP contribution in [0, 0.1) is 5.41 Å². The molecule has 0 fully saturated rings. The molecule has 0 saturated carbocycles. The van der Waals surface area contributed by atoms with Crippen LogP contribution >= 0.6 is 0 Å². The molecule has 8 nitrogen and oxygen atoms in total. The monoisotopic (exact) mass is 274 g/mol. The summed E-state index contributed by atoms with van der Waals surface area (Å²) < 4.78 is 0. The fourth-order valence-electron chi connectivity index (χ4n) is 1.57. The summed E-state index contributed by atoms with van der Waals surface area (Å²) in [6.45, 7) is 1.34. The topological polar surface area (TPSA) is 133 Å². The van der Waals surface area contributed by atoms with Gasteiger partial charge in [0.2, 0.25) is 0 Å². The Morgan fingerprint density at radius 1 is 0.842 bits per heavy atom. The van der Waals surface area contributed by atoms with Gasteiger partial charge in [-0.3, -0.25) is 19.2 Å². The van der Waals surface area contributed by atoms with Crippen molar-refractivity contribution in [3.63, 3.8) is 0 Å². The molecule has 0 saturated heterocycles. The third kappa shape index (κ3) is 5.58. The first-order valence-corrected chi connectivity index (χ1v) is 5.59. The van der Waals surface area contributed by atoms with Crippen molar-refractivity contribution >= 4 is 23.5 Å². The second-order valence-corrected chi connectivity index (χ2v) is 4.19. The van der Waals surface area contributed by atoms with E-state index in [-0.39, 0.29) is 26.2 Å². The molecule has 108 valence electrons. The molecule has 0 unspecified atom stereocenters. The van der Waals surface area contributed by atoms with E-state index in [4.69, 9.17) is 10.2 Å². The number of carbonyl (C=O) groups is 4. The minimum absolute atomic E-state index is 0.156. The Morgan fingerprint density at radius 2 is 1.16 bits per heavy atom. The van der Waals surface area contributed by atoms with Gasteiger partial charge in [-0.1, -0.05) is 0 Å². The van der Waals surface area contributed by atoms with Gasteiger partial charge in [-0.15, -0.1) is 0 Å². The second-order valence-electron chi connectivity index (χ2n) is 4.19. The van der Waals surface area contributed by atoms with Crippen LogP contribution in [-0.4, -0.2) is 59.9 Å². The van der Waals surface area contributed by atoms with E-state index >= 15 is 0 Å². The molecule has 0 aromatic rings. The van der Waals surface area contributed by atoms with E-state index in [1.165, 1.54) is 13.8 Å². The van der Waals surface area contributed by atoms with E-state index < -0.39 is 28.9 Å². The van der Waals surface area contributed by atoms with Crippen LogP contribution in [0.25, 0.3) is 0 Å². The number of hydrogen-bond acceptors (Lipinski definition) is 6. The van der Waals surface area contributed by atoms with Crippen LogP contribution in [0.1, 0.15) is 13.8 Å². The number of ketones is 2. The van der Waals surface area contributed by atoms with Gasteiger partial charge in [-0.05, 0) is 13.8 Å². The Balaban J connectivity index is 4.78. The zero-order chi connectivity index (χ0) is 15.1. The lowest BCUT2D eigenvalue weighted by atomic mass is 9.80.